The average Bonchev–Trinajstić information content (AvgIpc) is 2.87. The zero-order chi connectivity index (χ0) is 25.7. The van der Waals surface area contributed by atoms with Gasteiger partial charge in [0, 0.05) is 28.3 Å². The van der Waals surface area contributed by atoms with Crippen molar-refractivity contribution in [3.05, 3.63) is 89.5 Å². The first kappa shape index (κ1) is 24.6. The highest BCUT2D eigenvalue weighted by atomic mass is 16.5. The third-order valence-corrected chi connectivity index (χ3v) is 5.56. The number of benzene rings is 3. The number of amides is 1. The van der Waals surface area contributed by atoms with Gasteiger partial charge in [-0.25, -0.2) is 9.78 Å². The number of pyridine rings is 1. The number of nitrogens with one attached hydrogen (secondary N) is 1. The molecule has 1 amide bonds. The molecule has 0 fully saturated rings. The molecule has 182 valence electrons. The number of carbonyl (C=O) groups is 3. The number of nitrogens with zero attached hydrogens (tertiary/aromatic N) is 1. The Morgan fingerprint density at radius 3 is 2.25 bits per heavy atom. The minimum Gasteiger partial charge on any atom is -0.483 e. The Morgan fingerprint density at radius 1 is 0.889 bits per heavy atom. The quantitative estimate of drug-likeness (QED) is 0.259. The Hall–Kier alpha value is -4.52. The minimum absolute atomic E-state index is 0.0488. The van der Waals surface area contributed by atoms with Gasteiger partial charge in [-0.2, -0.15) is 0 Å². The number of ketones is 1. The van der Waals surface area contributed by atoms with Crippen LogP contribution in [0.3, 0.4) is 0 Å². The van der Waals surface area contributed by atoms with Crippen LogP contribution in [0.15, 0.2) is 72.8 Å². The Labute approximate surface area is 209 Å². The van der Waals surface area contributed by atoms with Crippen LogP contribution in [0.2, 0.25) is 0 Å². The van der Waals surface area contributed by atoms with Gasteiger partial charge >= 0.3 is 5.97 Å². The summed E-state index contributed by atoms with van der Waals surface area (Å²) in [4.78, 5) is 41.1. The molecule has 0 aliphatic carbocycles. The van der Waals surface area contributed by atoms with Gasteiger partial charge in [-0.3, -0.25) is 9.59 Å². The molecular weight excluding hydrogens is 456 g/mol. The predicted molar refractivity (Wildman–Crippen MR) is 138 cm³/mol. The lowest BCUT2D eigenvalue weighted by Crippen LogP contribution is -2.20. The molecule has 0 aliphatic heterocycles. The van der Waals surface area contributed by atoms with E-state index in [1.54, 1.807) is 55.5 Å². The van der Waals surface area contributed by atoms with Crippen LogP contribution in [0.4, 0.5) is 5.69 Å². The first-order valence-electron chi connectivity index (χ1n) is 11.6. The Kier molecular flexibility index (Phi) is 7.39. The number of anilines is 1. The summed E-state index contributed by atoms with van der Waals surface area (Å²) in [5.74, 6) is -0.440. The van der Waals surface area contributed by atoms with Gasteiger partial charge in [0.1, 0.15) is 5.75 Å². The molecule has 0 aliphatic rings. The number of aromatic nitrogens is 1. The summed E-state index contributed by atoms with van der Waals surface area (Å²) in [5.41, 5.74) is 4.82. The molecule has 1 aromatic heterocycles. The van der Waals surface area contributed by atoms with Crippen molar-refractivity contribution in [1.29, 1.82) is 0 Å². The van der Waals surface area contributed by atoms with Crippen LogP contribution < -0.4 is 10.1 Å². The smallest absolute Gasteiger partial charge is 0.338 e. The molecule has 1 N–H and O–H groups in total. The van der Waals surface area contributed by atoms with Crippen LogP contribution in [0.25, 0.3) is 22.2 Å². The molecule has 4 rings (SSSR count). The summed E-state index contributed by atoms with van der Waals surface area (Å²) in [6.45, 7) is 5.24. The monoisotopic (exact) mass is 482 g/mol. The lowest BCUT2D eigenvalue weighted by atomic mass is 10.1. The third kappa shape index (κ3) is 5.75. The van der Waals surface area contributed by atoms with Gasteiger partial charge in [0.15, 0.2) is 12.4 Å². The number of aryl methyl sites for hydroxylation is 1. The van der Waals surface area contributed by atoms with E-state index in [0.717, 1.165) is 11.1 Å². The van der Waals surface area contributed by atoms with E-state index in [1.807, 2.05) is 31.2 Å². The van der Waals surface area contributed by atoms with Gasteiger partial charge in [-0.05, 0) is 63.2 Å². The normalized spacial score (nSPS) is 10.6. The van der Waals surface area contributed by atoms with Gasteiger partial charge in [0.05, 0.1) is 23.4 Å². The van der Waals surface area contributed by atoms with Gasteiger partial charge in [0.25, 0.3) is 5.91 Å². The zero-order valence-electron chi connectivity index (χ0n) is 20.3. The van der Waals surface area contributed by atoms with Crippen molar-refractivity contribution < 1.29 is 23.9 Å². The number of fused-ring (bicyclic) bond motifs is 1. The number of hydrogen-bond acceptors (Lipinski definition) is 6. The van der Waals surface area contributed by atoms with Crippen LogP contribution in [-0.4, -0.2) is 35.9 Å². The van der Waals surface area contributed by atoms with Gasteiger partial charge in [-0.15, -0.1) is 0 Å². The first-order chi connectivity index (χ1) is 17.3. The average molecular weight is 483 g/mol. The fraction of sp³-hybridized carbons (Fsp3) is 0.172. The summed E-state index contributed by atoms with van der Waals surface area (Å²) in [5, 5.41) is 3.35. The number of rotatable bonds is 8. The molecule has 3 aromatic carbocycles. The topological polar surface area (TPSA) is 94.6 Å². The molecule has 0 spiro atoms. The van der Waals surface area contributed by atoms with E-state index in [1.165, 1.54) is 6.92 Å². The molecule has 0 saturated heterocycles. The maximum absolute atomic E-state index is 12.6. The maximum Gasteiger partial charge on any atom is 0.338 e. The molecule has 1 heterocycles. The van der Waals surface area contributed by atoms with Crippen molar-refractivity contribution in [3.8, 4) is 17.0 Å². The largest absolute Gasteiger partial charge is 0.483 e. The number of ether oxygens (including phenoxy) is 2. The lowest BCUT2D eigenvalue weighted by Gasteiger charge is -2.13. The molecular formula is C29H26N2O5. The van der Waals surface area contributed by atoms with Crippen LogP contribution in [0, 0.1) is 6.92 Å². The molecule has 7 heteroatoms. The zero-order valence-corrected chi connectivity index (χ0v) is 20.3. The Balaban J connectivity index is 1.62. The van der Waals surface area contributed by atoms with Crippen molar-refractivity contribution >= 4 is 34.3 Å². The van der Waals surface area contributed by atoms with Crippen LogP contribution in [0.5, 0.6) is 5.75 Å². The highest BCUT2D eigenvalue weighted by Gasteiger charge is 2.15. The molecule has 7 nitrogen and oxygen atoms in total. The number of Topliss-reactive ketones (excluding diaryl/α,β-unsaturated/α-hetero) is 1. The SMILES string of the molecule is CCOC(=O)c1ccc2nc(-c3ccc(C)cc3)cc(OCC(=O)Nc3ccc(C(C)=O)cc3)c2c1. The highest BCUT2D eigenvalue weighted by molar-refractivity contribution is 5.98. The number of carbonyl (C=O) groups excluding carboxylic acids is 3. The van der Waals surface area contributed by atoms with Crippen LogP contribution >= 0.6 is 0 Å². The molecule has 0 radical (unpaired) electrons. The van der Waals surface area contributed by atoms with E-state index in [9.17, 15) is 14.4 Å². The summed E-state index contributed by atoms with van der Waals surface area (Å²) in [6, 6.07) is 21.4. The summed E-state index contributed by atoms with van der Waals surface area (Å²) in [7, 11) is 0. The highest BCUT2D eigenvalue weighted by Crippen LogP contribution is 2.31. The molecule has 0 saturated carbocycles. The molecule has 36 heavy (non-hydrogen) atoms. The van der Waals surface area contributed by atoms with Crippen molar-refractivity contribution in [1.82, 2.24) is 4.98 Å². The lowest BCUT2D eigenvalue weighted by molar-refractivity contribution is -0.118. The maximum atomic E-state index is 12.6. The second-order valence-electron chi connectivity index (χ2n) is 8.29. The standard InChI is InChI=1S/C29H26N2O5/c1-4-35-29(34)22-11-14-25-24(15-22)27(16-26(31-25)21-7-5-18(2)6-8-21)36-17-28(33)30-23-12-9-20(10-13-23)19(3)32/h5-16H,4,17H2,1-3H3,(H,30,33). The van der Waals surface area contributed by atoms with E-state index in [2.05, 4.69) is 5.32 Å². The summed E-state index contributed by atoms with van der Waals surface area (Å²) < 4.78 is 11.1. The predicted octanol–water partition coefficient (Wildman–Crippen LogP) is 5.61. The Bertz CT molecular complexity index is 1430. The van der Waals surface area contributed by atoms with E-state index in [0.29, 0.717) is 39.2 Å². The second-order valence-corrected chi connectivity index (χ2v) is 8.29. The third-order valence-electron chi connectivity index (χ3n) is 5.56. The van der Waals surface area contributed by atoms with Crippen LogP contribution in [0.1, 0.15) is 40.1 Å². The Morgan fingerprint density at radius 2 is 1.58 bits per heavy atom. The van der Waals surface area contributed by atoms with Crippen molar-refractivity contribution in [3.63, 3.8) is 0 Å². The van der Waals surface area contributed by atoms with E-state index in [-0.39, 0.29) is 24.9 Å². The van der Waals surface area contributed by atoms with Crippen molar-refractivity contribution in [2.75, 3.05) is 18.5 Å². The van der Waals surface area contributed by atoms with E-state index in [4.69, 9.17) is 14.5 Å². The fourth-order valence-electron chi connectivity index (χ4n) is 3.66. The molecule has 0 unspecified atom stereocenters. The van der Waals surface area contributed by atoms with E-state index >= 15 is 0 Å². The van der Waals surface area contributed by atoms with Crippen LogP contribution in [-0.2, 0) is 9.53 Å². The van der Waals surface area contributed by atoms with Gasteiger partial charge in [0.2, 0.25) is 0 Å². The second kappa shape index (κ2) is 10.8. The van der Waals surface area contributed by atoms with Gasteiger partial charge in [-0.1, -0.05) is 29.8 Å². The summed E-state index contributed by atoms with van der Waals surface area (Å²) in [6.07, 6.45) is 0. The fourth-order valence-corrected chi connectivity index (χ4v) is 3.66. The minimum atomic E-state index is -0.445. The van der Waals surface area contributed by atoms with Crippen molar-refractivity contribution in [2.24, 2.45) is 0 Å². The molecule has 0 atom stereocenters. The van der Waals surface area contributed by atoms with E-state index < -0.39 is 5.97 Å². The summed E-state index contributed by atoms with van der Waals surface area (Å²) >= 11 is 0. The molecule has 0 bridgehead atoms. The van der Waals surface area contributed by atoms with Crippen molar-refractivity contribution in [2.45, 2.75) is 20.8 Å². The molecule has 4 aromatic rings. The van der Waals surface area contributed by atoms with Gasteiger partial charge < -0.3 is 14.8 Å². The number of esters is 1. The number of hydrogen-bond donors (Lipinski definition) is 1. The first-order valence-corrected chi connectivity index (χ1v) is 11.6.